The number of fused-ring (bicyclic) bond motifs is 3. The number of hydrogen-bond donors (Lipinski definition) is 0. The molecule has 0 radical (unpaired) electrons. The first kappa shape index (κ1) is 11.0. The lowest BCUT2D eigenvalue weighted by Gasteiger charge is -2.04. The van der Waals surface area contributed by atoms with Crippen LogP contribution in [0.25, 0.3) is 16.4 Å². The summed E-state index contributed by atoms with van der Waals surface area (Å²) < 4.78 is 1.58. The predicted molar refractivity (Wildman–Crippen MR) is 68.1 cm³/mol. The minimum absolute atomic E-state index is 0.342. The van der Waals surface area contributed by atoms with Crippen LogP contribution in [0.5, 0.6) is 0 Å². The quantitative estimate of drug-likeness (QED) is 0.635. The minimum Gasteiger partial charge on any atom is -0.196 e. The molecule has 0 unspecified atom stereocenters. The second-order valence-corrected chi connectivity index (χ2v) is 4.76. The van der Waals surface area contributed by atoms with Crippen molar-refractivity contribution >= 4 is 51.2 Å². The van der Waals surface area contributed by atoms with Gasteiger partial charge in [0.15, 0.2) is 16.6 Å². The maximum atomic E-state index is 6.10. The monoisotopic (exact) mass is 286 g/mol. The second kappa shape index (κ2) is 3.70. The van der Waals surface area contributed by atoms with E-state index in [1.165, 1.54) is 0 Å². The standard InChI is InChI=1S/C10H5Cl3N4/c1-4-14-15-10-6-3-8(12)7(11)2-5(6)9(13)16-17(4)10/h2-3H,1H3. The van der Waals surface area contributed by atoms with Crippen LogP contribution in [0.3, 0.4) is 0 Å². The van der Waals surface area contributed by atoms with E-state index in [9.17, 15) is 0 Å². The first-order valence-corrected chi connectivity index (χ1v) is 5.87. The van der Waals surface area contributed by atoms with Crippen molar-refractivity contribution in [2.24, 2.45) is 0 Å². The van der Waals surface area contributed by atoms with Crippen LogP contribution >= 0.6 is 34.8 Å². The van der Waals surface area contributed by atoms with Crippen LogP contribution in [0.2, 0.25) is 15.2 Å². The number of halogens is 3. The van der Waals surface area contributed by atoms with Gasteiger partial charge in [0.25, 0.3) is 0 Å². The number of aromatic nitrogens is 4. The molecule has 0 saturated heterocycles. The van der Waals surface area contributed by atoms with E-state index < -0.39 is 0 Å². The fourth-order valence-electron chi connectivity index (χ4n) is 1.69. The van der Waals surface area contributed by atoms with Crippen molar-refractivity contribution in [1.29, 1.82) is 0 Å². The topological polar surface area (TPSA) is 43.1 Å². The molecule has 0 bridgehead atoms. The molecule has 0 aliphatic carbocycles. The molecular weight excluding hydrogens is 282 g/mol. The summed E-state index contributed by atoms with van der Waals surface area (Å²) in [6, 6.07) is 3.40. The van der Waals surface area contributed by atoms with Crippen LogP contribution in [0.15, 0.2) is 12.1 Å². The lowest BCUT2D eigenvalue weighted by Crippen LogP contribution is -1.96. The van der Waals surface area contributed by atoms with Gasteiger partial charge in [-0.05, 0) is 19.1 Å². The van der Waals surface area contributed by atoms with Gasteiger partial charge < -0.3 is 0 Å². The van der Waals surface area contributed by atoms with Gasteiger partial charge in [-0.2, -0.15) is 9.61 Å². The number of nitrogens with zero attached hydrogens (tertiary/aromatic N) is 4. The SMILES string of the molecule is Cc1nnc2c3cc(Cl)c(Cl)cc3c(Cl)nn12. The van der Waals surface area contributed by atoms with Gasteiger partial charge >= 0.3 is 0 Å². The first-order chi connectivity index (χ1) is 8.08. The van der Waals surface area contributed by atoms with Gasteiger partial charge in [-0.25, -0.2) is 0 Å². The summed E-state index contributed by atoms with van der Waals surface area (Å²) in [5.41, 5.74) is 0.612. The summed E-state index contributed by atoms with van der Waals surface area (Å²) in [5, 5.41) is 14.9. The molecule has 0 amide bonds. The fraction of sp³-hybridized carbons (Fsp3) is 0.100. The Labute approximate surface area is 111 Å². The van der Waals surface area contributed by atoms with Gasteiger partial charge in [-0.1, -0.05) is 34.8 Å². The highest BCUT2D eigenvalue weighted by atomic mass is 35.5. The van der Waals surface area contributed by atoms with Crippen LogP contribution in [0.4, 0.5) is 0 Å². The highest BCUT2D eigenvalue weighted by Crippen LogP contribution is 2.32. The number of rotatable bonds is 0. The van der Waals surface area contributed by atoms with Crippen LogP contribution in [0, 0.1) is 6.92 Å². The van der Waals surface area contributed by atoms with Crippen molar-refractivity contribution < 1.29 is 0 Å². The van der Waals surface area contributed by atoms with Crippen LogP contribution in [0.1, 0.15) is 5.82 Å². The Morgan fingerprint density at radius 1 is 1.00 bits per heavy atom. The van der Waals surface area contributed by atoms with Gasteiger partial charge in [-0.15, -0.1) is 10.2 Å². The van der Waals surface area contributed by atoms with Crippen molar-refractivity contribution in [2.45, 2.75) is 6.92 Å². The molecule has 0 saturated carbocycles. The molecule has 86 valence electrons. The summed E-state index contributed by atoms with van der Waals surface area (Å²) in [5.74, 6) is 0.662. The van der Waals surface area contributed by atoms with E-state index in [0.29, 0.717) is 32.1 Å². The van der Waals surface area contributed by atoms with E-state index in [2.05, 4.69) is 15.3 Å². The molecule has 17 heavy (non-hydrogen) atoms. The van der Waals surface area contributed by atoms with Crippen molar-refractivity contribution in [3.8, 4) is 0 Å². The molecular formula is C10H5Cl3N4. The van der Waals surface area contributed by atoms with Gasteiger partial charge in [-0.3, -0.25) is 0 Å². The predicted octanol–water partition coefficient (Wildman–Crippen LogP) is 3.55. The molecule has 2 aromatic heterocycles. The molecule has 0 fully saturated rings. The molecule has 1 aromatic carbocycles. The molecule has 3 aromatic rings. The highest BCUT2D eigenvalue weighted by Gasteiger charge is 2.13. The Hall–Kier alpha value is -1.10. The van der Waals surface area contributed by atoms with Crippen molar-refractivity contribution in [3.05, 3.63) is 33.2 Å². The third-order valence-corrected chi connectivity index (χ3v) is 3.51. The summed E-state index contributed by atoms with van der Waals surface area (Å²) in [6.07, 6.45) is 0. The zero-order chi connectivity index (χ0) is 12.2. The second-order valence-electron chi connectivity index (χ2n) is 3.59. The summed E-state index contributed by atoms with van der Waals surface area (Å²) >= 11 is 18.0. The largest absolute Gasteiger partial charge is 0.196 e. The maximum absolute atomic E-state index is 6.10. The van der Waals surface area contributed by atoms with Gasteiger partial charge in [0.1, 0.15) is 0 Å². The molecule has 0 spiro atoms. The van der Waals surface area contributed by atoms with Gasteiger partial charge in [0.05, 0.1) is 10.0 Å². The van der Waals surface area contributed by atoms with E-state index in [-0.39, 0.29) is 0 Å². The first-order valence-electron chi connectivity index (χ1n) is 4.74. The molecule has 0 atom stereocenters. The zero-order valence-electron chi connectivity index (χ0n) is 8.58. The van der Waals surface area contributed by atoms with Crippen molar-refractivity contribution in [2.75, 3.05) is 0 Å². The third kappa shape index (κ3) is 1.56. The van der Waals surface area contributed by atoms with Crippen LogP contribution in [-0.2, 0) is 0 Å². The molecule has 2 heterocycles. The average Bonchev–Trinajstić information content (AvgIpc) is 2.64. The Morgan fingerprint density at radius 2 is 1.65 bits per heavy atom. The van der Waals surface area contributed by atoms with E-state index in [0.717, 1.165) is 5.39 Å². The van der Waals surface area contributed by atoms with Crippen molar-refractivity contribution in [1.82, 2.24) is 19.8 Å². The molecule has 0 aliphatic heterocycles. The molecule has 4 nitrogen and oxygen atoms in total. The van der Waals surface area contributed by atoms with E-state index >= 15 is 0 Å². The molecule has 7 heteroatoms. The summed E-state index contributed by atoms with van der Waals surface area (Å²) in [7, 11) is 0. The van der Waals surface area contributed by atoms with Crippen LogP contribution < -0.4 is 0 Å². The highest BCUT2D eigenvalue weighted by molar-refractivity contribution is 6.43. The Balaban J connectivity index is 2.60. The van der Waals surface area contributed by atoms with E-state index in [1.54, 1.807) is 23.6 Å². The normalized spacial score (nSPS) is 11.5. The summed E-state index contributed by atoms with van der Waals surface area (Å²) in [4.78, 5) is 0. The van der Waals surface area contributed by atoms with Crippen LogP contribution in [-0.4, -0.2) is 19.8 Å². The Kier molecular flexibility index (Phi) is 2.40. The Bertz CT molecular complexity index is 750. The third-order valence-electron chi connectivity index (χ3n) is 2.51. The number of hydrogen-bond acceptors (Lipinski definition) is 3. The lowest BCUT2D eigenvalue weighted by atomic mass is 10.2. The number of benzene rings is 1. The smallest absolute Gasteiger partial charge is 0.185 e. The van der Waals surface area contributed by atoms with Gasteiger partial charge in [0, 0.05) is 10.8 Å². The fourth-order valence-corrected chi connectivity index (χ4v) is 2.25. The minimum atomic E-state index is 0.342. The maximum Gasteiger partial charge on any atom is 0.185 e. The molecule has 0 N–H and O–H groups in total. The summed E-state index contributed by atoms with van der Waals surface area (Å²) in [6.45, 7) is 1.80. The molecule has 3 rings (SSSR count). The Morgan fingerprint density at radius 3 is 2.35 bits per heavy atom. The molecule has 0 aliphatic rings. The average molecular weight is 288 g/mol. The zero-order valence-corrected chi connectivity index (χ0v) is 10.8. The van der Waals surface area contributed by atoms with E-state index in [1.807, 2.05) is 0 Å². The lowest BCUT2D eigenvalue weighted by molar-refractivity contribution is 0.882. The number of aryl methyl sites for hydroxylation is 1. The van der Waals surface area contributed by atoms with Gasteiger partial charge in [0.2, 0.25) is 0 Å². The van der Waals surface area contributed by atoms with E-state index in [4.69, 9.17) is 34.8 Å². The van der Waals surface area contributed by atoms with Crippen molar-refractivity contribution in [3.63, 3.8) is 0 Å².